The largest absolute Gasteiger partial charge is 0.416 e. The number of hydrogen-bond donors (Lipinski definition) is 2. The maximum absolute atomic E-state index is 13.0. The molecule has 12 heteroatoms. The number of thiazole rings is 1. The molecule has 0 radical (unpaired) electrons. The van der Waals surface area contributed by atoms with Crippen molar-refractivity contribution >= 4 is 34.2 Å². The quantitative estimate of drug-likeness (QED) is 0.438. The topological polar surface area (TPSA) is 90.5 Å². The van der Waals surface area contributed by atoms with Crippen molar-refractivity contribution in [1.82, 2.24) is 19.8 Å². The number of hydrogen-bond acceptors (Lipinski definition) is 6. The summed E-state index contributed by atoms with van der Waals surface area (Å²) in [7, 11) is 3.82. The van der Waals surface area contributed by atoms with Gasteiger partial charge in [-0.3, -0.25) is 10.1 Å². The molecule has 3 amide bonds. The molecule has 4 rings (SSSR count). The number of anilines is 2. The van der Waals surface area contributed by atoms with E-state index in [1.54, 1.807) is 36.3 Å². The first-order valence-corrected chi connectivity index (χ1v) is 13.0. The van der Waals surface area contributed by atoms with Gasteiger partial charge in [0.05, 0.1) is 16.6 Å². The van der Waals surface area contributed by atoms with Crippen LogP contribution in [-0.2, 0) is 6.18 Å². The molecule has 2 aromatic heterocycles. The third-order valence-electron chi connectivity index (χ3n) is 6.34. The van der Waals surface area contributed by atoms with Gasteiger partial charge in [0, 0.05) is 37.0 Å². The Morgan fingerprint density at radius 3 is 2.69 bits per heavy atom. The first-order valence-electron chi connectivity index (χ1n) is 12.1. The van der Waals surface area contributed by atoms with Gasteiger partial charge in [-0.1, -0.05) is 23.3 Å². The summed E-state index contributed by atoms with van der Waals surface area (Å²) in [6.45, 7) is 3.68. The molecule has 3 aromatic rings. The number of pyridine rings is 1. The van der Waals surface area contributed by atoms with Crippen molar-refractivity contribution in [3.63, 3.8) is 0 Å². The summed E-state index contributed by atoms with van der Waals surface area (Å²) >= 11 is 1.23. The van der Waals surface area contributed by atoms with E-state index < -0.39 is 17.6 Å². The highest BCUT2D eigenvalue weighted by atomic mass is 32.1. The normalized spacial score (nSPS) is 15.7. The van der Waals surface area contributed by atoms with E-state index in [0.717, 1.165) is 49.8 Å². The van der Waals surface area contributed by atoms with Crippen LogP contribution in [0, 0.1) is 18.8 Å². The maximum Gasteiger partial charge on any atom is 0.416 e. The van der Waals surface area contributed by atoms with Gasteiger partial charge in [-0.2, -0.15) is 13.2 Å². The zero-order chi connectivity index (χ0) is 28.2. The lowest BCUT2D eigenvalue weighted by Crippen LogP contribution is -2.48. The van der Waals surface area contributed by atoms with Crippen LogP contribution in [-0.4, -0.2) is 64.9 Å². The number of halogens is 3. The van der Waals surface area contributed by atoms with Crippen LogP contribution in [0.15, 0.2) is 42.7 Å². The molecule has 1 atom stereocenters. The number of urea groups is 1. The first kappa shape index (κ1) is 28.1. The minimum absolute atomic E-state index is 0.139. The lowest BCUT2D eigenvalue weighted by molar-refractivity contribution is -0.137. The summed E-state index contributed by atoms with van der Waals surface area (Å²) in [6.07, 6.45) is 0.00234. The van der Waals surface area contributed by atoms with Crippen LogP contribution in [0.5, 0.6) is 0 Å². The van der Waals surface area contributed by atoms with Crippen LogP contribution < -0.4 is 10.6 Å². The van der Waals surface area contributed by atoms with E-state index in [9.17, 15) is 22.8 Å². The molecule has 1 unspecified atom stereocenters. The van der Waals surface area contributed by atoms with Gasteiger partial charge in [0.1, 0.15) is 5.82 Å². The highest BCUT2D eigenvalue weighted by Crippen LogP contribution is 2.30. The fourth-order valence-corrected chi connectivity index (χ4v) is 4.74. The highest BCUT2D eigenvalue weighted by Gasteiger charge is 2.31. The number of aromatic nitrogens is 2. The number of likely N-dealkylation sites (N-methyl/N-ethyl adjacent to an activating group) is 2. The van der Waals surface area contributed by atoms with E-state index in [-0.39, 0.29) is 23.5 Å². The molecule has 0 spiro atoms. The summed E-state index contributed by atoms with van der Waals surface area (Å²) in [6, 6.07) is 6.34. The summed E-state index contributed by atoms with van der Waals surface area (Å²) in [5, 5.41) is 5.65. The summed E-state index contributed by atoms with van der Waals surface area (Å²) in [5.41, 5.74) is 0.697. The number of amides is 3. The Morgan fingerprint density at radius 1 is 1.15 bits per heavy atom. The molecule has 204 valence electrons. The smallest absolute Gasteiger partial charge is 0.323 e. The first-order chi connectivity index (χ1) is 18.5. The van der Waals surface area contributed by atoms with Gasteiger partial charge in [0.25, 0.3) is 5.91 Å². The number of piperidine rings is 1. The van der Waals surface area contributed by atoms with E-state index in [1.807, 2.05) is 14.0 Å². The van der Waals surface area contributed by atoms with Crippen LogP contribution in [0.4, 0.5) is 28.9 Å². The monoisotopic (exact) mass is 556 g/mol. The second-order valence-corrected chi connectivity index (χ2v) is 10.3. The number of nitrogens with zero attached hydrogens (tertiary/aromatic N) is 4. The van der Waals surface area contributed by atoms with Crippen molar-refractivity contribution in [1.29, 1.82) is 0 Å². The zero-order valence-electron chi connectivity index (χ0n) is 21.6. The number of alkyl halides is 3. The Hall–Kier alpha value is -3.95. The molecule has 1 aliphatic rings. The van der Waals surface area contributed by atoms with Crippen molar-refractivity contribution < 1.29 is 22.8 Å². The lowest BCUT2D eigenvalue weighted by atomic mass is 10.0. The van der Waals surface area contributed by atoms with Gasteiger partial charge in [-0.05, 0) is 69.1 Å². The molecule has 1 aromatic carbocycles. The van der Waals surface area contributed by atoms with E-state index in [4.69, 9.17) is 0 Å². The Balaban J connectivity index is 1.42. The molecule has 0 aliphatic carbocycles. The molecule has 0 bridgehead atoms. The van der Waals surface area contributed by atoms with Gasteiger partial charge in [-0.25, -0.2) is 14.8 Å². The van der Waals surface area contributed by atoms with Crippen LogP contribution in [0.25, 0.3) is 0 Å². The third kappa shape index (κ3) is 7.34. The predicted octanol–water partition coefficient (Wildman–Crippen LogP) is 5.08. The van der Waals surface area contributed by atoms with Crippen LogP contribution in [0.1, 0.15) is 44.8 Å². The number of carbonyl (C=O) groups excluding carboxylic acids is 2. The van der Waals surface area contributed by atoms with E-state index in [0.29, 0.717) is 15.6 Å². The minimum Gasteiger partial charge on any atom is -0.323 e. The Bertz CT molecular complexity index is 1430. The Kier molecular flexibility index (Phi) is 8.52. The maximum atomic E-state index is 13.0. The van der Waals surface area contributed by atoms with Gasteiger partial charge < -0.3 is 15.1 Å². The highest BCUT2D eigenvalue weighted by molar-refractivity contribution is 7.16. The van der Waals surface area contributed by atoms with Crippen molar-refractivity contribution in [2.45, 2.75) is 32.0 Å². The number of benzene rings is 1. The second-order valence-electron chi connectivity index (χ2n) is 9.29. The molecule has 1 saturated heterocycles. The van der Waals surface area contributed by atoms with Gasteiger partial charge >= 0.3 is 12.2 Å². The molecule has 0 saturated carbocycles. The zero-order valence-corrected chi connectivity index (χ0v) is 22.4. The second kappa shape index (κ2) is 11.8. The lowest BCUT2D eigenvalue weighted by Gasteiger charge is -2.35. The summed E-state index contributed by atoms with van der Waals surface area (Å²) in [5.74, 6) is 5.19. The average molecular weight is 557 g/mol. The summed E-state index contributed by atoms with van der Waals surface area (Å²) < 4.78 is 38.9. The molecule has 3 heterocycles. The van der Waals surface area contributed by atoms with E-state index in [2.05, 4.69) is 37.3 Å². The van der Waals surface area contributed by atoms with Crippen LogP contribution in [0.2, 0.25) is 0 Å². The van der Waals surface area contributed by atoms with E-state index in [1.165, 1.54) is 11.3 Å². The molecule has 2 N–H and O–H groups in total. The molecule has 1 aliphatic heterocycles. The van der Waals surface area contributed by atoms with E-state index >= 15 is 0 Å². The van der Waals surface area contributed by atoms with Crippen molar-refractivity contribution in [3.8, 4) is 11.8 Å². The van der Waals surface area contributed by atoms with Gasteiger partial charge in [-0.15, -0.1) is 0 Å². The number of nitrogens with one attached hydrogen (secondary N) is 2. The van der Waals surface area contributed by atoms with Crippen molar-refractivity contribution in [2.24, 2.45) is 0 Å². The standard InChI is InChI=1S/C27H27F3N6O2S/c1-17-6-7-19(24(37)33-23-14-20(10-11-31-23)27(28,29)30)13-18(17)8-9-22-15-32-25(39-22)34-26(38)36(3)21-5-4-12-35(2)16-21/h6-7,10-11,13-15,21H,4-5,12,16H2,1-3H3,(H,31,33,37)(H,32,34,38). The Labute approximate surface area is 228 Å². The number of likely N-dealkylation sites (tertiary alicyclic amines) is 1. The van der Waals surface area contributed by atoms with Crippen molar-refractivity contribution in [3.05, 3.63) is 69.9 Å². The van der Waals surface area contributed by atoms with Gasteiger partial charge in [0.2, 0.25) is 0 Å². The van der Waals surface area contributed by atoms with Gasteiger partial charge in [0.15, 0.2) is 5.13 Å². The van der Waals surface area contributed by atoms with Crippen molar-refractivity contribution in [2.75, 3.05) is 37.8 Å². The number of aryl methyl sites for hydroxylation is 1. The van der Waals surface area contributed by atoms with Crippen LogP contribution >= 0.6 is 11.3 Å². The Morgan fingerprint density at radius 2 is 1.95 bits per heavy atom. The number of rotatable bonds is 4. The summed E-state index contributed by atoms with van der Waals surface area (Å²) in [4.78, 5) is 37.9. The third-order valence-corrected chi connectivity index (χ3v) is 7.16. The van der Waals surface area contributed by atoms with Crippen LogP contribution in [0.3, 0.4) is 0 Å². The number of carbonyl (C=O) groups is 2. The fraction of sp³-hybridized carbons (Fsp3) is 0.333. The molecule has 8 nitrogen and oxygen atoms in total. The fourth-order valence-electron chi connectivity index (χ4n) is 4.08. The predicted molar refractivity (Wildman–Crippen MR) is 144 cm³/mol. The molecule has 39 heavy (non-hydrogen) atoms. The molecular weight excluding hydrogens is 529 g/mol. The molecule has 1 fully saturated rings. The molecular formula is C27H27F3N6O2S. The average Bonchev–Trinajstić information content (AvgIpc) is 3.34. The SMILES string of the molecule is Cc1ccc(C(=O)Nc2cc(C(F)(F)F)ccn2)cc1C#Cc1cnc(NC(=O)N(C)C2CCCN(C)C2)s1. The minimum atomic E-state index is -4.54.